The smallest absolute Gasteiger partial charge is 0.338 e. The van der Waals surface area contributed by atoms with Gasteiger partial charge < -0.3 is 10.5 Å². The largest absolute Gasteiger partial charge is 0.462 e. The Bertz CT molecular complexity index is 575. The minimum atomic E-state index is -0.434. The highest BCUT2D eigenvalue weighted by atomic mass is 35.5. The second-order valence-corrected chi connectivity index (χ2v) is 4.54. The zero-order valence-corrected chi connectivity index (χ0v) is 11.2. The molecule has 0 saturated carbocycles. The van der Waals surface area contributed by atoms with Gasteiger partial charge in [-0.05, 0) is 24.3 Å². The Morgan fingerprint density at radius 1 is 1.47 bits per heavy atom. The molecule has 0 fully saturated rings. The van der Waals surface area contributed by atoms with Crippen molar-refractivity contribution in [1.29, 1.82) is 0 Å². The molecule has 100 valence electrons. The number of esters is 1. The van der Waals surface area contributed by atoms with Crippen molar-refractivity contribution in [3.63, 3.8) is 0 Å². The maximum absolute atomic E-state index is 11.8. The Morgan fingerprint density at radius 3 is 2.89 bits per heavy atom. The van der Waals surface area contributed by atoms with Crippen LogP contribution in [0, 0.1) is 0 Å². The van der Waals surface area contributed by atoms with Crippen LogP contribution >= 0.6 is 11.6 Å². The molecule has 0 unspecified atom stereocenters. The number of rotatable bonds is 4. The fourth-order valence-electron chi connectivity index (χ4n) is 1.71. The van der Waals surface area contributed by atoms with Gasteiger partial charge in [-0.15, -0.1) is 0 Å². The van der Waals surface area contributed by atoms with E-state index in [-0.39, 0.29) is 6.61 Å². The van der Waals surface area contributed by atoms with E-state index in [0.29, 0.717) is 22.7 Å². The molecular weight excluding hydrogens is 266 g/mol. The minimum absolute atomic E-state index is 0.283. The van der Waals surface area contributed by atoms with Crippen LogP contribution in [-0.4, -0.2) is 22.4 Å². The van der Waals surface area contributed by atoms with Crippen LogP contribution in [0.5, 0.6) is 0 Å². The monoisotopic (exact) mass is 279 g/mol. The van der Waals surface area contributed by atoms with Crippen molar-refractivity contribution in [1.82, 2.24) is 9.78 Å². The molecule has 5 nitrogen and oxygen atoms in total. The van der Waals surface area contributed by atoms with E-state index in [1.807, 2.05) is 13.1 Å². The molecule has 1 heterocycles. The number of aromatic nitrogens is 2. The molecule has 0 saturated heterocycles. The van der Waals surface area contributed by atoms with Gasteiger partial charge in [0.05, 0.1) is 12.2 Å². The number of hydrogen-bond acceptors (Lipinski definition) is 4. The Balaban J connectivity index is 1.92. The lowest BCUT2D eigenvalue weighted by Gasteiger charge is -2.06. The number of benzene rings is 1. The van der Waals surface area contributed by atoms with Gasteiger partial charge in [-0.25, -0.2) is 4.79 Å². The number of carbonyl (C=O) groups excluding carboxylic acids is 1. The quantitative estimate of drug-likeness (QED) is 0.687. The number of aryl methyl sites for hydroxylation is 1. The van der Waals surface area contributed by atoms with Gasteiger partial charge in [0.15, 0.2) is 0 Å². The summed E-state index contributed by atoms with van der Waals surface area (Å²) in [4.78, 5) is 11.8. The molecule has 1 aromatic heterocycles. The topological polar surface area (TPSA) is 70.1 Å². The molecule has 2 N–H and O–H groups in total. The van der Waals surface area contributed by atoms with Gasteiger partial charge >= 0.3 is 5.97 Å². The Hall–Kier alpha value is -2.01. The highest BCUT2D eigenvalue weighted by Crippen LogP contribution is 2.17. The number of anilines is 1. The van der Waals surface area contributed by atoms with Gasteiger partial charge in [0.2, 0.25) is 0 Å². The average Bonchev–Trinajstić information content (AvgIpc) is 2.74. The van der Waals surface area contributed by atoms with Crippen LogP contribution in [0.2, 0.25) is 5.02 Å². The third-order valence-electron chi connectivity index (χ3n) is 2.67. The van der Waals surface area contributed by atoms with Gasteiger partial charge in [0, 0.05) is 36.1 Å². The molecule has 0 spiro atoms. The number of nitrogen functional groups attached to an aromatic ring is 1. The van der Waals surface area contributed by atoms with Crippen molar-refractivity contribution in [2.45, 2.75) is 6.42 Å². The van der Waals surface area contributed by atoms with Crippen molar-refractivity contribution in [3.8, 4) is 0 Å². The third kappa shape index (κ3) is 3.48. The number of nitrogens with two attached hydrogens (primary N) is 1. The molecule has 0 radical (unpaired) electrons. The van der Waals surface area contributed by atoms with Crippen LogP contribution < -0.4 is 5.73 Å². The van der Waals surface area contributed by atoms with Gasteiger partial charge in [0.1, 0.15) is 0 Å². The molecular formula is C13H14ClN3O2. The number of hydrogen-bond donors (Lipinski definition) is 1. The second kappa shape index (κ2) is 5.75. The molecule has 0 amide bonds. The summed E-state index contributed by atoms with van der Waals surface area (Å²) in [6.45, 7) is 0.283. The van der Waals surface area contributed by atoms with Crippen LogP contribution in [0.1, 0.15) is 16.1 Å². The van der Waals surface area contributed by atoms with E-state index < -0.39 is 5.97 Å². The normalized spacial score (nSPS) is 10.4. The summed E-state index contributed by atoms with van der Waals surface area (Å²) in [5, 5.41) is 4.45. The first-order valence-electron chi connectivity index (χ1n) is 5.76. The van der Waals surface area contributed by atoms with Crippen LogP contribution in [0.4, 0.5) is 5.69 Å². The predicted molar refractivity (Wildman–Crippen MR) is 73.1 cm³/mol. The lowest BCUT2D eigenvalue weighted by Crippen LogP contribution is -2.10. The first kappa shape index (κ1) is 13.4. The SMILES string of the molecule is Cn1nccc1CCOC(=O)c1cc(N)cc(Cl)c1. The van der Waals surface area contributed by atoms with E-state index in [0.717, 1.165) is 5.69 Å². The molecule has 2 aromatic rings. The molecule has 0 bridgehead atoms. The van der Waals surface area contributed by atoms with E-state index >= 15 is 0 Å². The summed E-state index contributed by atoms with van der Waals surface area (Å²) in [6, 6.07) is 6.53. The van der Waals surface area contributed by atoms with E-state index in [2.05, 4.69) is 5.10 Å². The number of ether oxygens (including phenoxy) is 1. The lowest BCUT2D eigenvalue weighted by atomic mass is 10.2. The number of halogens is 1. The maximum Gasteiger partial charge on any atom is 0.338 e. The van der Waals surface area contributed by atoms with Gasteiger partial charge in [0.25, 0.3) is 0 Å². The summed E-state index contributed by atoms with van der Waals surface area (Å²) in [5.41, 5.74) is 7.41. The average molecular weight is 280 g/mol. The van der Waals surface area contributed by atoms with Crippen molar-refractivity contribution in [3.05, 3.63) is 46.7 Å². The van der Waals surface area contributed by atoms with E-state index in [9.17, 15) is 4.79 Å². The van der Waals surface area contributed by atoms with E-state index in [1.165, 1.54) is 12.1 Å². The maximum atomic E-state index is 11.8. The molecule has 1 aromatic carbocycles. The molecule has 19 heavy (non-hydrogen) atoms. The van der Waals surface area contributed by atoms with Crippen LogP contribution in [0.15, 0.2) is 30.5 Å². The highest BCUT2D eigenvalue weighted by molar-refractivity contribution is 6.31. The Labute approximate surface area is 115 Å². The summed E-state index contributed by atoms with van der Waals surface area (Å²) in [5.74, 6) is -0.434. The summed E-state index contributed by atoms with van der Waals surface area (Å²) < 4.78 is 6.91. The highest BCUT2D eigenvalue weighted by Gasteiger charge is 2.09. The van der Waals surface area contributed by atoms with Gasteiger partial charge in [-0.1, -0.05) is 11.6 Å². The summed E-state index contributed by atoms with van der Waals surface area (Å²) in [6.07, 6.45) is 2.31. The Kier molecular flexibility index (Phi) is 4.06. The Morgan fingerprint density at radius 2 is 2.26 bits per heavy atom. The molecule has 2 rings (SSSR count). The van der Waals surface area contributed by atoms with Gasteiger partial charge in [-0.2, -0.15) is 5.10 Å². The fraction of sp³-hybridized carbons (Fsp3) is 0.231. The summed E-state index contributed by atoms with van der Waals surface area (Å²) in [7, 11) is 1.84. The fourth-order valence-corrected chi connectivity index (χ4v) is 1.95. The van der Waals surface area contributed by atoms with Crippen LogP contribution in [0.3, 0.4) is 0 Å². The molecule has 0 atom stereocenters. The predicted octanol–water partition coefficient (Wildman–Crippen LogP) is 2.06. The van der Waals surface area contributed by atoms with Crippen molar-refractivity contribution in [2.75, 3.05) is 12.3 Å². The molecule has 6 heteroatoms. The zero-order valence-electron chi connectivity index (χ0n) is 10.5. The molecule has 0 aliphatic carbocycles. The van der Waals surface area contributed by atoms with Crippen LogP contribution in [-0.2, 0) is 18.2 Å². The number of nitrogens with zero attached hydrogens (tertiary/aromatic N) is 2. The first-order chi connectivity index (χ1) is 9.06. The van der Waals surface area contributed by atoms with Crippen molar-refractivity contribution >= 4 is 23.3 Å². The van der Waals surface area contributed by atoms with Crippen molar-refractivity contribution < 1.29 is 9.53 Å². The lowest BCUT2D eigenvalue weighted by molar-refractivity contribution is 0.0507. The van der Waals surface area contributed by atoms with E-state index in [1.54, 1.807) is 16.9 Å². The van der Waals surface area contributed by atoms with Crippen molar-refractivity contribution in [2.24, 2.45) is 7.05 Å². The van der Waals surface area contributed by atoms with E-state index in [4.69, 9.17) is 22.1 Å². The first-order valence-corrected chi connectivity index (χ1v) is 6.14. The third-order valence-corrected chi connectivity index (χ3v) is 2.89. The standard InChI is InChI=1S/C13H14ClN3O2/c1-17-12(2-4-16-17)3-5-19-13(18)9-6-10(14)8-11(15)7-9/h2,4,6-8H,3,5,15H2,1H3. The second-order valence-electron chi connectivity index (χ2n) is 4.11. The van der Waals surface area contributed by atoms with Gasteiger partial charge in [-0.3, -0.25) is 4.68 Å². The molecule has 0 aliphatic heterocycles. The molecule has 0 aliphatic rings. The summed E-state index contributed by atoms with van der Waals surface area (Å²) >= 11 is 5.83. The zero-order chi connectivity index (χ0) is 13.8. The number of carbonyl (C=O) groups is 1. The van der Waals surface area contributed by atoms with Crippen LogP contribution in [0.25, 0.3) is 0 Å². The minimum Gasteiger partial charge on any atom is -0.462 e.